The summed E-state index contributed by atoms with van der Waals surface area (Å²) in [6.45, 7) is 5.88. The molecular weight excluding hydrogens is 252 g/mol. The SMILES string of the molecule is Cc1nn(C)c2ncc(CNC3CCOC(C)C3)cc12. The van der Waals surface area contributed by atoms with E-state index >= 15 is 0 Å². The van der Waals surface area contributed by atoms with Crippen LogP contribution in [-0.2, 0) is 18.3 Å². The van der Waals surface area contributed by atoms with Crippen LogP contribution in [0, 0.1) is 6.92 Å². The number of aromatic nitrogens is 3. The molecule has 0 spiro atoms. The molecule has 0 radical (unpaired) electrons. The molecule has 2 aromatic rings. The quantitative estimate of drug-likeness (QED) is 0.929. The maximum absolute atomic E-state index is 5.57. The third kappa shape index (κ3) is 2.69. The van der Waals surface area contributed by atoms with Gasteiger partial charge in [-0.15, -0.1) is 0 Å². The molecule has 3 rings (SSSR count). The largest absolute Gasteiger partial charge is 0.378 e. The summed E-state index contributed by atoms with van der Waals surface area (Å²) in [5.41, 5.74) is 3.20. The van der Waals surface area contributed by atoms with E-state index in [-0.39, 0.29) is 0 Å². The maximum Gasteiger partial charge on any atom is 0.157 e. The normalized spacial score (nSPS) is 23.4. The van der Waals surface area contributed by atoms with Crippen molar-refractivity contribution >= 4 is 11.0 Å². The zero-order valence-electron chi connectivity index (χ0n) is 12.4. The van der Waals surface area contributed by atoms with Gasteiger partial charge in [-0.25, -0.2) is 4.98 Å². The van der Waals surface area contributed by atoms with E-state index in [2.05, 4.69) is 28.4 Å². The molecule has 1 aliphatic rings. The van der Waals surface area contributed by atoms with Crippen LogP contribution in [0.25, 0.3) is 11.0 Å². The van der Waals surface area contributed by atoms with Gasteiger partial charge in [0.1, 0.15) is 0 Å². The van der Waals surface area contributed by atoms with E-state index in [1.165, 1.54) is 5.56 Å². The van der Waals surface area contributed by atoms with Crippen LogP contribution in [0.15, 0.2) is 12.3 Å². The summed E-state index contributed by atoms with van der Waals surface area (Å²) in [5, 5.41) is 9.17. The first-order valence-corrected chi connectivity index (χ1v) is 7.26. The second-order valence-corrected chi connectivity index (χ2v) is 5.71. The number of ether oxygens (including phenoxy) is 1. The molecule has 0 saturated carbocycles. The lowest BCUT2D eigenvalue weighted by molar-refractivity contribution is 0.0130. The first-order chi connectivity index (χ1) is 9.63. The number of hydrogen-bond acceptors (Lipinski definition) is 4. The van der Waals surface area contributed by atoms with Gasteiger partial charge in [0.15, 0.2) is 5.65 Å². The minimum absolute atomic E-state index is 0.363. The fraction of sp³-hybridized carbons (Fsp3) is 0.600. The first-order valence-electron chi connectivity index (χ1n) is 7.26. The fourth-order valence-electron chi connectivity index (χ4n) is 2.89. The number of nitrogens with one attached hydrogen (secondary N) is 1. The zero-order chi connectivity index (χ0) is 14.1. The summed E-state index contributed by atoms with van der Waals surface area (Å²) in [6, 6.07) is 2.74. The van der Waals surface area contributed by atoms with E-state index in [1.54, 1.807) is 0 Å². The highest BCUT2D eigenvalue weighted by Gasteiger charge is 2.18. The molecule has 2 atom stereocenters. The highest BCUT2D eigenvalue weighted by Crippen LogP contribution is 2.17. The van der Waals surface area contributed by atoms with Crippen molar-refractivity contribution < 1.29 is 4.74 Å². The van der Waals surface area contributed by atoms with Gasteiger partial charge in [-0.3, -0.25) is 4.68 Å². The van der Waals surface area contributed by atoms with Crippen LogP contribution in [0.5, 0.6) is 0 Å². The van der Waals surface area contributed by atoms with Crippen LogP contribution >= 0.6 is 0 Å². The second kappa shape index (κ2) is 5.50. The molecule has 1 N–H and O–H groups in total. The molecule has 0 amide bonds. The van der Waals surface area contributed by atoms with Crippen LogP contribution in [0.2, 0.25) is 0 Å². The molecule has 1 fully saturated rings. The predicted molar refractivity (Wildman–Crippen MR) is 78.5 cm³/mol. The Labute approximate surface area is 119 Å². The summed E-state index contributed by atoms with van der Waals surface area (Å²) in [6.07, 6.45) is 4.48. The van der Waals surface area contributed by atoms with Crippen molar-refractivity contribution in [2.75, 3.05) is 6.61 Å². The van der Waals surface area contributed by atoms with Crippen LogP contribution in [0.4, 0.5) is 0 Å². The minimum Gasteiger partial charge on any atom is -0.378 e. The van der Waals surface area contributed by atoms with Gasteiger partial charge in [0.25, 0.3) is 0 Å². The number of pyridine rings is 1. The molecule has 2 aromatic heterocycles. The highest BCUT2D eigenvalue weighted by molar-refractivity contribution is 5.78. The van der Waals surface area contributed by atoms with Crippen molar-refractivity contribution in [3.63, 3.8) is 0 Å². The van der Waals surface area contributed by atoms with Crippen LogP contribution in [-0.4, -0.2) is 33.5 Å². The van der Waals surface area contributed by atoms with Crippen LogP contribution in [0.1, 0.15) is 31.0 Å². The minimum atomic E-state index is 0.363. The molecule has 0 bridgehead atoms. The van der Waals surface area contributed by atoms with Gasteiger partial charge in [-0.05, 0) is 38.3 Å². The van der Waals surface area contributed by atoms with Gasteiger partial charge >= 0.3 is 0 Å². The summed E-state index contributed by atoms with van der Waals surface area (Å²) < 4.78 is 7.41. The summed E-state index contributed by atoms with van der Waals surface area (Å²) in [5.74, 6) is 0. The maximum atomic E-state index is 5.57. The Kier molecular flexibility index (Phi) is 3.72. The van der Waals surface area contributed by atoms with E-state index in [9.17, 15) is 0 Å². The third-order valence-electron chi connectivity index (χ3n) is 4.00. The molecule has 0 aliphatic carbocycles. The highest BCUT2D eigenvalue weighted by atomic mass is 16.5. The number of aryl methyl sites for hydroxylation is 2. The Morgan fingerprint density at radius 3 is 3.15 bits per heavy atom. The van der Waals surface area contributed by atoms with Crippen molar-refractivity contribution in [1.82, 2.24) is 20.1 Å². The van der Waals surface area contributed by atoms with Crippen molar-refractivity contribution in [3.8, 4) is 0 Å². The molecule has 5 nitrogen and oxygen atoms in total. The van der Waals surface area contributed by atoms with Crippen LogP contribution in [0.3, 0.4) is 0 Å². The average molecular weight is 274 g/mol. The monoisotopic (exact) mass is 274 g/mol. The second-order valence-electron chi connectivity index (χ2n) is 5.71. The Hall–Kier alpha value is -1.46. The van der Waals surface area contributed by atoms with Gasteiger partial charge in [-0.2, -0.15) is 5.10 Å². The summed E-state index contributed by atoms with van der Waals surface area (Å²) >= 11 is 0. The Bertz CT molecular complexity index is 607. The zero-order valence-corrected chi connectivity index (χ0v) is 12.4. The van der Waals surface area contributed by atoms with Crippen molar-refractivity contribution in [2.45, 2.75) is 45.4 Å². The van der Waals surface area contributed by atoms with Gasteiger partial charge in [0, 0.05) is 37.8 Å². The smallest absolute Gasteiger partial charge is 0.157 e. The van der Waals surface area contributed by atoms with Gasteiger partial charge in [0.2, 0.25) is 0 Å². The number of nitrogens with zero attached hydrogens (tertiary/aromatic N) is 3. The average Bonchev–Trinajstić information content (AvgIpc) is 2.72. The molecular formula is C15H22N4O. The van der Waals surface area contributed by atoms with Crippen molar-refractivity contribution in [1.29, 1.82) is 0 Å². The Morgan fingerprint density at radius 2 is 2.35 bits per heavy atom. The molecule has 3 heterocycles. The molecule has 1 saturated heterocycles. The number of hydrogen-bond donors (Lipinski definition) is 1. The summed E-state index contributed by atoms with van der Waals surface area (Å²) in [7, 11) is 1.93. The molecule has 2 unspecified atom stereocenters. The van der Waals surface area contributed by atoms with E-state index in [0.717, 1.165) is 42.7 Å². The molecule has 0 aromatic carbocycles. The van der Waals surface area contributed by atoms with Gasteiger partial charge in [0.05, 0.1) is 11.8 Å². The lowest BCUT2D eigenvalue weighted by atomic mass is 10.0. The van der Waals surface area contributed by atoms with Crippen LogP contribution < -0.4 is 5.32 Å². The van der Waals surface area contributed by atoms with Crippen molar-refractivity contribution in [2.24, 2.45) is 7.05 Å². The van der Waals surface area contributed by atoms with E-state index in [1.807, 2.05) is 24.9 Å². The van der Waals surface area contributed by atoms with Gasteiger partial charge < -0.3 is 10.1 Å². The molecule has 5 heteroatoms. The molecule has 1 aliphatic heterocycles. The van der Waals surface area contributed by atoms with Crippen molar-refractivity contribution in [3.05, 3.63) is 23.5 Å². The number of rotatable bonds is 3. The molecule has 108 valence electrons. The lowest BCUT2D eigenvalue weighted by Gasteiger charge is -2.28. The van der Waals surface area contributed by atoms with E-state index < -0.39 is 0 Å². The fourth-order valence-corrected chi connectivity index (χ4v) is 2.89. The predicted octanol–water partition coefficient (Wildman–Crippen LogP) is 1.93. The Morgan fingerprint density at radius 1 is 1.50 bits per heavy atom. The molecule has 20 heavy (non-hydrogen) atoms. The Balaban J connectivity index is 1.70. The standard InChI is InChI=1S/C15H22N4O/c1-10-6-13(4-5-20-10)16-8-12-7-14-11(2)18-19(3)15(14)17-9-12/h7,9-10,13,16H,4-6,8H2,1-3H3. The third-order valence-corrected chi connectivity index (χ3v) is 4.00. The first kappa shape index (κ1) is 13.5. The van der Waals surface area contributed by atoms with Gasteiger partial charge in [-0.1, -0.05) is 0 Å². The lowest BCUT2D eigenvalue weighted by Crippen LogP contribution is -2.37. The van der Waals surface area contributed by atoms with E-state index in [0.29, 0.717) is 12.1 Å². The topological polar surface area (TPSA) is 52.0 Å². The van der Waals surface area contributed by atoms with E-state index in [4.69, 9.17) is 4.74 Å². The number of fused-ring (bicyclic) bond motifs is 1. The summed E-state index contributed by atoms with van der Waals surface area (Å²) in [4.78, 5) is 4.52.